The van der Waals surface area contributed by atoms with Gasteiger partial charge in [-0.25, -0.2) is 4.98 Å². The summed E-state index contributed by atoms with van der Waals surface area (Å²) in [6, 6.07) is 7.59. The van der Waals surface area contributed by atoms with Crippen LogP contribution in [0.2, 0.25) is 0 Å². The van der Waals surface area contributed by atoms with E-state index >= 15 is 0 Å². The van der Waals surface area contributed by atoms with Crippen molar-refractivity contribution in [3.8, 4) is 16.3 Å². The molecule has 6 rings (SSSR count). The molecule has 0 spiro atoms. The number of thiazole rings is 1. The highest BCUT2D eigenvalue weighted by Crippen LogP contribution is 2.67. The Morgan fingerprint density at radius 1 is 1.03 bits per heavy atom. The summed E-state index contributed by atoms with van der Waals surface area (Å²) in [5.41, 5.74) is 2.43. The van der Waals surface area contributed by atoms with Crippen LogP contribution < -0.4 is 0 Å². The van der Waals surface area contributed by atoms with Gasteiger partial charge in [0.05, 0.1) is 11.3 Å². The summed E-state index contributed by atoms with van der Waals surface area (Å²) >= 11 is 1.82. The minimum absolute atomic E-state index is 0.0350. The van der Waals surface area contributed by atoms with E-state index in [4.69, 9.17) is 4.98 Å². The monoisotopic (exact) mass is 421 g/mol. The molecular formula is C26H31NO2S. The van der Waals surface area contributed by atoms with Gasteiger partial charge in [0.25, 0.3) is 0 Å². The Bertz CT molecular complexity index is 1030. The third-order valence-electron chi connectivity index (χ3n) is 9.66. The lowest BCUT2D eigenvalue weighted by molar-refractivity contribution is -0.134. The van der Waals surface area contributed by atoms with Crippen molar-refractivity contribution in [2.24, 2.45) is 28.6 Å². The predicted octanol–water partition coefficient (Wildman–Crippen LogP) is 6.36. The number of Topliss-reactive ketones (excluding diaryl/α,β-unsaturated/α-hetero) is 1. The normalized spacial score (nSPS) is 39.7. The fraction of sp³-hybridized carbons (Fsp3) is 0.615. The third kappa shape index (κ3) is 2.43. The minimum atomic E-state index is -0.0350. The molecule has 4 aliphatic carbocycles. The van der Waals surface area contributed by atoms with Crippen LogP contribution in [0.5, 0.6) is 5.75 Å². The van der Waals surface area contributed by atoms with Gasteiger partial charge in [-0.3, -0.25) is 4.79 Å². The van der Waals surface area contributed by atoms with Crippen molar-refractivity contribution in [2.45, 2.75) is 71.1 Å². The molecule has 30 heavy (non-hydrogen) atoms. The average molecular weight is 422 g/mol. The molecule has 1 aromatic carbocycles. The molecule has 4 aliphatic rings. The fourth-order valence-corrected chi connectivity index (χ4v) is 9.43. The molecule has 3 fully saturated rings. The number of hydrogen-bond acceptors (Lipinski definition) is 4. The van der Waals surface area contributed by atoms with E-state index in [2.05, 4.69) is 13.8 Å². The Morgan fingerprint density at radius 2 is 1.87 bits per heavy atom. The number of aryl methyl sites for hydroxylation is 1. The number of aromatic nitrogens is 1. The fourth-order valence-electron chi connectivity index (χ4n) is 7.99. The predicted molar refractivity (Wildman–Crippen MR) is 120 cm³/mol. The zero-order valence-electron chi connectivity index (χ0n) is 18.0. The lowest BCUT2D eigenvalue weighted by Gasteiger charge is -2.59. The molecule has 0 amide bonds. The number of fused-ring (bicyclic) bond motifs is 7. The van der Waals surface area contributed by atoms with E-state index in [1.165, 1.54) is 36.3 Å². The Morgan fingerprint density at radius 3 is 2.70 bits per heavy atom. The van der Waals surface area contributed by atoms with Gasteiger partial charge in [0.1, 0.15) is 16.5 Å². The number of nitrogens with zero attached hydrogens (tertiary/aromatic N) is 1. The lowest BCUT2D eigenvalue weighted by Crippen LogP contribution is -2.52. The van der Waals surface area contributed by atoms with Gasteiger partial charge in [0.15, 0.2) is 0 Å². The van der Waals surface area contributed by atoms with Crippen molar-refractivity contribution in [1.29, 1.82) is 0 Å². The molecule has 3 saturated carbocycles. The molecule has 0 bridgehead atoms. The smallest absolute Gasteiger partial charge is 0.139 e. The first-order valence-corrected chi connectivity index (χ1v) is 12.5. The Hall–Kier alpha value is -1.68. The number of benzene rings is 1. The first-order chi connectivity index (χ1) is 14.4. The standard InChI is InChI=1S/C26H31NO2S/c1-25-14-12-20-23(30-24(27-20)16-5-3-4-6-21(16)28)19(25)8-7-15-17-9-10-22(29)26(17,2)13-11-18(15)25/h3-6,15,17-19,28H,7-14H2,1-2H3/t15-,17-,18-,19?,25+,26-/m0/s1. The van der Waals surface area contributed by atoms with Crippen molar-refractivity contribution in [1.82, 2.24) is 4.98 Å². The van der Waals surface area contributed by atoms with Crippen LogP contribution in [0.25, 0.3) is 10.6 Å². The Balaban J connectivity index is 1.36. The van der Waals surface area contributed by atoms with Crippen molar-refractivity contribution in [3.63, 3.8) is 0 Å². The van der Waals surface area contributed by atoms with E-state index in [1.807, 2.05) is 29.5 Å². The highest BCUT2D eigenvalue weighted by molar-refractivity contribution is 7.15. The highest BCUT2D eigenvalue weighted by atomic mass is 32.1. The zero-order valence-corrected chi connectivity index (χ0v) is 18.8. The number of ketones is 1. The minimum Gasteiger partial charge on any atom is -0.507 e. The van der Waals surface area contributed by atoms with Crippen molar-refractivity contribution < 1.29 is 9.90 Å². The van der Waals surface area contributed by atoms with Gasteiger partial charge < -0.3 is 5.11 Å². The number of aromatic hydroxyl groups is 1. The second kappa shape index (κ2) is 6.41. The van der Waals surface area contributed by atoms with Crippen LogP contribution >= 0.6 is 11.3 Å². The van der Waals surface area contributed by atoms with Crippen molar-refractivity contribution >= 4 is 17.1 Å². The second-order valence-corrected chi connectivity index (χ2v) is 11.8. The molecule has 0 saturated heterocycles. The average Bonchev–Trinajstić information content (AvgIpc) is 3.29. The Kier molecular flexibility index (Phi) is 4.07. The molecule has 2 aromatic rings. The molecular weight excluding hydrogens is 390 g/mol. The molecule has 6 atom stereocenters. The number of carbonyl (C=O) groups excluding carboxylic acids is 1. The molecule has 158 valence electrons. The van der Waals surface area contributed by atoms with Gasteiger partial charge >= 0.3 is 0 Å². The first-order valence-electron chi connectivity index (χ1n) is 11.7. The SMILES string of the molecule is C[C@]12CCc3nc(-c4ccccc4O)sc3C1CC[C@@H]1[C@@H]2CC[C@]2(C)C(=O)CC[C@@H]12. The van der Waals surface area contributed by atoms with Gasteiger partial charge in [-0.05, 0) is 80.2 Å². The summed E-state index contributed by atoms with van der Waals surface area (Å²) < 4.78 is 0. The summed E-state index contributed by atoms with van der Waals surface area (Å²) in [5, 5.41) is 11.3. The first kappa shape index (κ1) is 19.0. The lowest BCUT2D eigenvalue weighted by atomic mass is 9.46. The van der Waals surface area contributed by atoms with Gasteiger partial charge in [-0.1, -0.05) is 26.0 Å². The topological polar surface area (TPSA) is 50.2 Å². The molecule has 1 aromatic heterocycles. The molecule has 3 nitrogen and oxygen atoms in total. The van der Waals surface area contributed by atoms with Crippen LogP contribution in [0, 0.1) is 28.6 Å². The van der Waals surface area contributed by atoms with E-state index in [-0.39, 0.29) is 5.41 Å². The number of rotatable bonds is 1. The number of para-hydroxylation sites is 1. The summed E-state index contributed by atoms with van der Waals surface area (Å²) in [6.45, 7) is 4.83. The number of hydrogen-bond donors (Lipinski definition) is 1. The quantitative estimate of drug-likeness (QED) is 0.583. The maximum Gasteiger partial charge on any atom is 0.139 e. The van der Waals surface area contributed by atoms with Crippen LogP contribution in [0.3, 0.4) is 0 Å². The van der Waals surface area contributed by atoms with Crippen molar-refractivity contribution in [2.75, 3.05) is 0 Å². The van der Waals surface area contributed by atoms with E-state index in [0.29, 0.717) is 28.8 Å². The third-order valence-corrected chi connectivity index (χ3v) is 10.9. The Labute approximate surface area is 182 Å². The maximum atomic E-state index is 12.7. The highest BCUT2D eigenvalue weighted by Gasteiger charge is 2.60. The van der Waals surface area contributed by atoms with E-state index < -0.39 is 0 Å². The number of carbonyl (C=O) groups is 1. The summed E-state index contributed by atoms with van der Waals surface area (Å²) in [7, 11) is 0. The van der Waals surface area contributed by atoms with Crippen molar-refractivity contribution in [3.05, 3.63) is 34.8 Å². The van der Waals surface area contributed by atoms with Gasteiger partial charge in [0, 0.05) is 22.6 Å². The molecule has 4 heteroatoms. The summed E-state index contributed by atoms with van der Waals surface area (Å²) in [6.07, 6.45) is 9.02. The van der Waals surface area contributed by atoms with Crippen LogP contribution in [0.1, 0.15) is 75.3 Å². The van der Waals surface area contributed by atoms with Crippen LogP contribution in [-0.2, 0) is 11.2 Å². The molecule has 1 unspecified atom stereocenters. The van der Waals surface area contributed by atoms with E-state index in [9.17, 15) is 9.90 Å². The second-order valence-electron chi connectivity index (χ2n) is 10.8. The summed E-state index contributed by atoms with van der Waals surface area (Å²) in [4.78, 5) is 19.1. The largest absolute Gasteiger partial charge is 0.507 e. The van der Waals surface area contributed by atoms with Gasteiger partial charge in [0.2, 0.25) is 0 Å². The van der Waals surface area contributed by atoms with Crippen LogP contribution in [-0.4, -0.2) is 15.9 Å². The van der Waals surface area contributed by atoms with Gasteiger partial charge in [-0.15, -0.1) is 11.3 Å². The van der Waals surface area contributed by atoms with E-state index in [1.54, 1.807) is 6.07 Å². The van der Waals surface area contributed by atoms with E-state index in [0.717, 1.165) is 48.1 Å². The van der Waals surface area contributed by atoms with Crippen LogP contribution in [0.4, 0.5) is 0 Å². The zero-order chi connectivity index (χ0) is 20.7. The molecule has 0 radical (unpaired) electrons. The number of phenols is 1. The van der Waals surface area contributed by atoms with Gasteiger partial charge in [-0.2, -0.15) is 0 Å². The molecule has 0 aliphatic heterocycles. The number of phenolic OH excluding ortho intramolecular Hbond substituents is 1. The molecule has 1 heterocycles. The summed E-state index contributed by atoms with van der Waals surface area (Å²) in [5.74, 6) is 3.53. The van der Waals surface area contributed by atoms with Crippen LogP contribution in [0.15, 0.2) is 24.3 Å². The molecule has 1 N–H and O–H groups in total. The maximum absolute atomic E-state index is 12.7.